The van der Waals surface area contributed by atoms with E-state index in [4.69, 9.17) is 4.74 Å². The first-order valence-corrected chi connectivity index (χ1v) is 8.25. The highest BCUT2D eigenvalue weighted by molar-refractivity contribution is 7.11. The van der Waals surface area contributed by atoms with Gasteiger partial charge in [-0.2, -0.15) is 0 Å². The summed E-state index contributed by atoms with van der Waals surface area (Å²) in [6, 6.07) is 10.6. The van der Waals surface area contributed by atoms with Crippen molar-refractivity contribution in [2.45, 2.75) is 25.7 Å². The molecule has 114 valence electrons. The SMILES string of the molecule is COCCNCCc1nnc(CCCc2ccccc2)s1. The lowest BCUT2D eigenvalue weighted by Crippen LogP contribution is -2.21. The number of aryl methyl sites for hydroxylation is 2. The van der Waals surface area contributed by atoms with E-state index in [1.54, 1.807) is 18.4 Å². The van der Waals surface area contributed by atoms with Gasteiger partial charge in [0.1, 0.15) is 10.0 Å². The second-order valence-corrected chi connectivity index (χ2v) is 6.07. The predicted octanol–water partition coefficient (Wildman–Crippen LogP) is 2.49. The fourth-order valence-electron chi connectivity index (χ4n) is 2.07. The van der Waals surface area contributed by atoms with E-state index in [0.29, 0.717) is 0 Å². The summed E-state index contributed by atoms with van der Waals surface area (Å²) >= 11 is 1.74. The molecule has 0 aliphatic rings. The third-order valence-electron chi connectivity index (χ3n) is 3.21. The molecule has 2 rings (SSSR count). The Bertz CT molecular complexity index is 501. The van der Waals surface area contributed by atoms with Crippen LogP contribution in [-0.2, 0) is 24.0 Å². The second kappa shape index (κ2) is 9.60. The van der Waals surface area contributed by atoms with E-state index in [9.17, 15) is 0 Å². The molecule has 0 fully saturated rings. The third-order valence-corrected chi connectivity index (χ3v) is 4.25. The Morgan fingerprint density at radius 1 is 1.00 bits per heavy atom. The van der Waals surface area contributed by atoms with E-state index < -0.39 is 0 Å². The number of benzene rings is 1. The molecule has 0 unspecified atom stereocenters. The molecule has 0 saturated heterocycles. The zero-order valence-electron chi connectivity index (χ0n) is 12.5. The number of aromatic nitrogens is 2. The van der Waals surface area contributed by atoms with Crippen molar-refractivity contribution in [2.75, 3.05) is 26.8 Å². The Hall–Kier alpha value is -1.30. The van der Waals surface area contributed by atoms with Crippen LogP contribution in [0.25, 0.3) is 0 Å². The smallest absolute Gasteiger partial charge is 0.118 e. The number of nitrogens with zero attached hydrogens (tertiary/aromatic N) is 2. The van der Waals surface area contributed by atoms with Crippen LogP contribution < -0.4 is 5.32 Å². The minimum absolute atomic E-state index is 0.751. The highest BCUT2D eigenvalue weighted by Crippen LogP contribution is 2.13. The first-order chi connectivity index (χ1) is 10.4. The van der Waals surface area contributed by atoms with Gasteiger partial charge in [-0.05, 0) is 18.4 Å². The van der Waals surface area contributed by atoms with Crippen LogP contribution in [0.2, 0.25) is 0 Å². The average molecular weight is 305 g/mol. The summed E-state index contributed by atoms with van der Waals surface area (Å²) in [4.78, 5) is 0. The first kappa shape index (κ1) is 16.1. The van der Waals surface area contributed by atoms with Gasteiger partial charge >= 0.3 is 0 Å². The van der Waals surface area contributed by atoms with Crippen LogP contribution in [-0.4, -0.2) is 37.0 Å². The van der Waals surface area contributed by atoms with E-state index >= 15 is 0 Å². The fourth-order valence-corrected chi connectivity index (χ4v) is 2.96. The standard InChI is InChI=1S/C16H23N3OS/c1-20-13-12-17-11-10-16-19-18-15(21-16)9-5-8-14-6-3-2-4-7-14/h2-4,6-7,17H,5,8-13H2,1H3. The van der Waals surface area contributed by atoms with Crippen molar-refractivity contribution in [3.05, 3.63) is 45.9 Å². The van der Waals surface area contributed by atoms with Gasteiger partial charge in [0.15, 0.2) is 0 Å². The fraction of sp³-hybridized carbons (Fsp3) is 0.500. The summed E-state index contributed by atoms with van der Waals surface area (Å²) in [5.41, 5.74) is 1.39. The number of methoxy groups -OCH3 is 1. The van der Waals surface area contributed by atoms with Crippen LogP contribution in [0.1, 0.15) is 22.0 Å². The topological polar surface area (TPSA) is 47.0 Å². The minimum Gasteiger partial charge on any atom is -0.383 e. The Labute approximate surface area is 130 Å². The maximum absolute atomic E-state index is 4.99. The molecule has 5 heteroatoms. The summed E-state index contributed by atoms with van der Waals surface area (Å²) in [7, 11) is 1.72. The second-order valence-electron chi connectivity index (χ2n) is 4.92. The maximum atomic E-state index is 4.99. The lowest BCUT2D eigenvalue weighted by atomic mass is 10.1. The van der Waals surface area contributed by atoms with Gasteiger partial charge in [0.05, 0.1) is 6.61 Å². The van der Waals surface area contributed by atoms with E-state index in [2.05, 4.69) is 45.8 Å². The van der Waals surface area contributed by atoms with Crippen molar-refractivity contribution >= 4 is 11.3 Å². The van der Waals surface area contributed by atoms with E-state index in [1.807, 2.05) is 0 Å². The van der Waals surface area contributed by atoms with Gasteiger partial charge in [0.25, 0.3) is 0 Å². The lowest BCUT2D eigenvalue weighted by molar-refractivity contribution is 0.199. The summed E-state index contributed by atoms with van der Waals surface area (Å²) in [6.07, 6.45) is 4.20. The van der Waals surface area contributed by atoms with Crippen LogP contribution in [0.15, 0.2) is 30.3 Å². The number of nitrogens with one attached hydrogen (secondary N) is 1. The van der Waals surface area contributed by atoms with Crippen molar-refractivity contribution in [1.29, 1.82) is 0 Å². The maximum Gasteiger partial charge on any atom is 0.118 e. The Morgan fingerprint density at radius 3 is 2.52 bits per heavy atom. The Balaban J connectivity index is 1.63. The van der Waals surface area contributed by atoms with Gasteiger partial charge in [-0.1, -0.05) is 30.3 Å². The molecule has 1 N–H and O–H groups in total. The van der Waals surface area contributed by atoms with Gasteiger partial charge in [-0.25, -0.2) is 0 Å². The van der Waals surface area contributed by atoms with Crippen molar-refractivity contribution in [2.24, 2.45) is 0 Å². The predicted molar refractivity (Wildman–Crippen MR) is 86.8 cm³/mol. The molecule has 2 aromatic rings. The highest BCUT2D eigenvalue weighted by atomic mass is 32.1. The van der Waals surface area contributed by atoms with Gasteiger partial charge in [-0.3, -0.25) is 0 Å². The summed E-state index contributed by atoms with van der Waals surface area (Å²) in [6.45, 7) is 2.57. The van der Waals surface area contributed by atoms with Crippen molar-refractivity contribution in [3.8, 4) is 0 Å². The highest BCUT2D eigenvalue weighted by Gasteiger charge is 2.04. The molecule has 0 aliphatic carbocycles. The largest absolute Gasteiger partial charge is 0.383 e. The number of hydrogen-bond acceptors (Lipinski definition) is 5. The van der Waals surface area contributed by atoms with Gasteiger partial charge in [0.2, 0.25) is 0 Å². The molecule has 0 saturated carbocycles. The van der Waals surface area contributed by atoms with Crippen LogP contribution in [0, 0.1) is 0 Å². The van der Waals surface area contributed by atoms with Crippen LogP contribution in [0.3, 0.4) is 0 Å². The number of hydrogen-bond donors (Lipinski definition) is 1. The molecule has 4 nitrogen and oxygen atoms in total. The number of rotatable bonds is 10. The first-order valence-electron chi connectivity index (χ1n) is 7.43. The Morgan fingerprint density at radius 2 is 1.76 bits per heavy atom. The molecular weight excluding hydrogens is 282 g/mol. The molecule has 21 heavy (non-hydrogen) atoms. The molecule has 0 aliphatic heterocycles. The molecule has 1 aromatic carbocycles. The minimum atomic E-state index is 0.751. The summed E-state index contributed by atoms with van der Waals surface area (Å²) in [5, 5.41) is 14.1. The van der Waals surface area contributed by atoms with Crippen molar-refractivity contribution in [1.82, 2.24) is 15.5 Å². The summed E-state index contributed by atoms with van der Waals surface area (Å²) < 4.78 is 4.99. The lowest BCUT2D eigenvalue weighted by Gasteiger charge is -2.00. The monoisotopic (exact) mass is 305 g/mol. The van der Waals surface area contributed by atoms with Crippen LogP contribution in [0.4, 0.5) is 0 Å². The molecule has 0 amide bonds. The molecule has 0 spiro atoms. The van der Waals surface area contributed by atoms with E-state index in [1.165, 1.54) is 5.56 Å². The normalized spacial score (nSPS) is 10.9. The van der Waals surface area contributed by atoms with Crippen LogP contribution >= 0.6 is 11.3 Å². The van der Waals surface area contributed by atoms with Crippen molar-refractivity contribution < 1.29 is 4.74 Å². The van der Waals surface area contributed by atoms with Gasteiger partial charge in [-0.15, -0.1) is 21.5 Å². The van der Waals surface area contributed by atoms with Crippen molar-refractivity contribution in [3.63, 3.8) is 0 Å². The molecule has 0 bridgehead atoms. The third kappa shape index (κ3) is 6.33. The zero-order valence-corrected chi connectivity index (χ0v) is 13.4. The summed E-state index contributed by atoms with van der Waals surface area (Å²) in [5.74, 6) is 0. The van der Waals surface area contributed by atoms with Gasteiger partial charge in [0, 0.05) is 33.0 Å². The Kier molecular flexibility index (Phi) is 7.35. The van der Waals surface area contributed by atoms with Gasteiger partial charge < -0.3 is 10.1 Å². The quantitative estimate of drug-likeness (QED) is 0.685. The molecule has 0 atom stereocenters. The molecule has 0 radical (unpaired) electrons. The molecule has 1 aromatic heterocycles. The molecule has 1 heterocycles. The molecular formula is C16H23N3OS. The zero-order chi connectivity index (χ0) is 14.8. The van der Waals surface area contributed by atoms with Crippen LogP contribution in [0.5, 0.6) is 0 Å². The van der Waals surface area contributed by atoms with E-state index in [-0.39, 0.29) is 0 Å². The average Bonchev–Trinajstić information content (AvgIpc) is 2.96. The number of ether oxygens (including phenoxy) is 1. The van der Waals surface area contributed by atoms with E-state index in [0.717, 1.165) is 55.4 Å².